The lowest BCUT2D eigenvalue weighted by Gasteiger charge is -2.21. The molecule has 2 atom stereocenters. The fourth-order valence-electron chi connectivity index (χ4n) is 1.57. The topological polar surface area (TPSA) is 89.3 Å². The number of nitrogens with zero attached hydrogens (tertiary/aromatic N) is 1. The van der Waals surface area contributed by atoms with E-state index >= 15 is 0 Å². The lowest BCUT2D eigenvalue weighted by atomic mass is 9.91. The van der Waals surface area contributed by atoms with Crippen molar-refractivity contribution in [2.45, 2.75) is 33.2 Å². The van der Waals surface area contributed by atoms with E-state index in [1.165, 1.54) is 6.92 Å². The molecule has 0 fully saturated rings. The van der Waals surface area contributed by atoms with Gasteiger partial charge in [0.1, 0.15) is 12.3 Å². The van der Waals surface area contributed by atoms with Crippen LogP contribution in [0.4, 0.5) is 0 Å². The molecule has 0 aliphatic heterocycles. The monoisotopic (exact) mass is 230 g/mol. The van der Waals surface area contributed by atoms with Crippen LogP contribution in [-0.2, 0) is 9.59 Å². The smallest absolute Gasteiger partial charge is 0.224 e. The van der Waals surface area contributed by atoms with Crippen molar-refractivity contribution in [3.05, 3.63) is 10.1 Å². The molecule has 1 amide bonds. The molecule has 0 spiro atoms. The fourth-order valence-corrected chi connectivity index (χ4v) is 1.57. The van der Waals surface area contributed by atoms with Crippen LogP contribution in [0.15, 0.2) is 0 Å². The van der Waals surface area contributed by atoms with Gasteiger partial charge in [-0.15, -0.1) is 0 Å². The van der Waals surface area contributed by atoms with Crippen LogP contribution in [0.3, 0.4) is 0 Å². The van der Waals surface area contributed by atoms with Gasteiger partial charge in [-0.25, -0.2) is 0 Å². The summed E-state index contributed by atoms with van der Waals surface area (Å²) in [7, 11) is 0. The Balaban J connectivity index is 4.60. The Morgan fingerprint density at radius 2 is 2.06 bits per heavy atom. The first-order chi connectivity index (χ1) is 7.36. The van der Waals surface area contributed by atoms with E-state index in [0.717, 1.165) is 0 Å². The molecule has 0 saturated carbocycles. The largest absolute Gasteiger partial charge is 0.346 e. The minimum atomic E-state index is -0.715. The number of hydrogen-bond acceptors (Lipinski definition) is 4. The Morgan fingerprint density at radius 1 is 1.50 bits per heavy atom. The Kier molecular flexibility index (Phi) is 6.29. The molecule has 6 heteroatoms. The molecule has 0 aliphatic carbocycles. The minimum Gasteiger partial charge on any atom is -0.346 e. The molecule has 0 aliphatic rings. The highest BCUT2D eigenvalue weighted by Crippen LogP contribution is 2.14. The number of rotatable bonds is 7. The summed E-state index contributed by atoms with van der Waals surface area (Å²) in [6.07, 6.45) is 1.21. The van der Waals surface area contributed by atoms with Gasteiger partial charge in [-0.3, -0.25) is 14.9 Å². The summed E-state index contributed by atoms with van der Waals surface area (Å²) in [5.74, 6) is -0.616. The van der Waals surface area contributed by atoms with Crippen molar-refractivity contribution >= 4 is 12.2 Å². The molecule has 0 aromatic heterocycles. The van der Waals surface area contributed by atoms with E-state index in [1.807, 2.05) is 13.8 Å². The SMILES string of the molecule is CC(=O)N[C@H](C[N+](=O)[O-])[C@H](C=O)CC(C)C. The van der Waals surface area contributed by atoms with Crippen molar-refractivity contribution in [2.24, 2.45) is 11.8 Å². The molecule has 0 bridgehead atoms. The molecule has 0 unspecified atom stereocenters. The maximum atomic E-state index is 10.9. The number of aldehydes is 1. The number of carbonyl (C=O) groups excluding carboxylic acids is 2. The van der Waals surface area contributed by atoms with E-state index in [1.54, 1.807) is 0 Å². The highest BCUT2D eigenvalue weighted by Gasteiger charge is 2.27. The van der Waals surface area contributed by atoms with Gasteiger partial charge < -0.3 is 10.1 Å². The summed E-state index contributed by atoms with van der Waals surface area (Å²) in [5, 5.41) is 12.9. The second-order valence-electron chi connectivity index (χ2n) is 4.25. The number of nitrogens with one attached hydrogen (secondary N) is 1. The Morgan fingerprint density at radius 3 is 2.38 bits per heavy atom. The van der Waals surface area contributed by atoms with Crippen LogP contribution < -0.4 is 5.32 Å². The number of nitro groups is 1. The summed E-state index contributed by atoms with van der Waals surface area (Å²) in [5.41, 5.74) is 0. The summed E-state index contributed by atoms with van der Waals surface area (Å²) in [6.45, 7) is 4.71. The predicted molar refractivity (Wildman–Crippen MR) is 58.5 cm³/mol. The molecule has 0 radical (unpaired) electrons. The molecule has 16 heavy (non-hydrogen) atoms. The van der Waals surface area contributed by atoms with Gasteiger partial charge in [-0.1, -0.05) is 13.8 Å². The summed E-state index contributed by atoms with van der Waals surface area (Å²) in [6, 6.07) is -0.715. The Labute approximate surface area is 94.5 Å². The Bertz CT molecular complexity index is 250. The molecular formula is C10H18N2O4. The third-order valence-corrected chi connectivity index (χ3v) is 2.17. The summed E-state index contributed by atoms with van der Waals surface area (Å²) < 4.78 is 0. The summed E-state index contributed by atoms with van der Waals surface area (Å²) >= 11 is 0. The van der Waals surface area contributed by atoms with Crippen molar-refractivity contribution in [1.82, 2.24) is 5.32 Å². The second kappa shape index (κ2) is 6.92. The fraction of sp³-hybridized carbons (Fsp3) is 0.800. The van der Waals surface area contributed by atoms with Gasteiger partial charge in [-0.2, -0.15) is 0 Å². The van der Waals surface area contributed by atoms with Crippen LogP contribution in [-0.4, -0.2) is 29.7 Å². The molecule has 0 saturated heterocycles. The number of amides is 1. The van der Waals surface area contributed by atoms with E-state index in [4.69, 9.17) is 0 Å². The average Bonchev–Trinajstić information content (AvgIpc) is 2.11. The molecule has 0 aromatic rings. The third kappa shape index (κ3) is 6.10. The predicted octanol–water partition coefficient (Wildman–Crippen LogP) is 0.629. The Hall–Kier alpha value is -1.46. The molecule has 0 heterocycles. The first-order valence-corrected chi connectivity index (χ1v) is 5.21. The van der Waals surface area contributed by atoms with Gasteiger partial charge in [0.05, 0.1) is 0 Å². The van der Waals surface area contributed by atoms with Crippen LogP contribution in [0.5, 0.6) is 0 Å². The van der Waals surface area contributed by atoms with E-state index in [2.05, 4.69) is 5.32 Å². The number of carbonyl (C=O) groups is 2. The molecule has 1 N–H and O–H groups in total. The van der Waals surface area contributed by atoms with Crippen molar-refractivity contribution in [3.63, 3.8) is 0 Å². The van der Waals surface area contributed by atoms with Gasteiger partial charge in [0.15, 0.2) is 0 Å². The standard InChI is InChI=1S/C10H18N2O4/c1-7(2)4-9(6-13)10(5-12(15)16)11-8(3)14/h6-7,9-10H,4-5H2,1-3H3,(H,11,14)/t9-,10+/m0/s1. The number of hydrogen-bond donors (Lipinski definition) is 1. The van der Waals surface area contributed by atoms with E-state index in [-0.39, 0.29) is 11.8 Å². The maximum absolute atomic E-state index is 10.9. The summed E-state index contributed by atoms with van der Waals surface area (Å²) in [4.78, 5) is 31.7. The lowest BCUT2D eigenvalue weighted by Crippen LogP contribution is -2.45. The first-order valence-electron chi connectivity index (χ1n) is 5.21. The van der Waals surface area contributed by atoms with E-state index < -0.39 is 23.4 Å². The van der Waals surface area contributed by atoms with E-state index in [9.17, 15) is 19.7 Å². The first kappa shape index (κ1) is 14.5. The maximum Gasteiger partial charge on any atom is 0.224 e. The zero-order valence-corrected chi connectivity index (χ0v) is 9.80. The highest BCUT2D eigenvalue weighted by molar-refractivity contribution is 5.74. The van der Waals surface area contributed by atoms with Crippen LogP contribution in [0.25, 0.3) is 0 Å². The lowest BCUT2D eigenvalue weighted by molar-refractivity contribution is -0.484. The quantitative estimate of drug-likeness (QED) is 0.394. The molecule has 6 nitrogen and oxygen atoms in total. The van der Waals surface area contributed by atoms with Crippen molar-refractivity contribution < 1.29 is 14.5 Å². The van der Waals surface area contributed by atoms with Crippen molar-refractivity contribution in [1.29, 1.82) is 0 Å². The van der Waals surface area contributed by atoms with Crippen LogP contribution >= 0.6 is 0 Å². The van der Waals surface area contributed by atoms with Gasteiger partial charge in [0.25, 0.3) is 0 Å². The molecule has 92 valence electrons. The van der Waals surface area contributed by atoms with Crippen LogP contribution in [0, 0.1) is 22.0 Å². The van der Waals surface area contributed by atoms with Gasteiger partial charge >= 0.3 is 0 Å². The zero-order chi connectivity index (χ0) is 12.7. The van der Waals surface area contributed by atoms with Gasteiger partial charge in [0, 0.05) is 17.8 Å². The van der Waals surface area contributed by atoms with Gasteiger partial charge in [-0.05, 0) is 12.3 Å². The molecule has 0 aromatic carbocycles. The van der Waals surface area contributed by atoms with Crippen molar-refractivity contribution in [2.75, 3.05) is 6.54 Å². The van der Waals surface area contributed by atoms with E-state index in [0.29, 0.717) is 12.7 Å². The van der Waals surface area contributed by atoms with Crippen LogP contribution in [0.1, 0.15) is 27.2 Å². The zero-order valence-electron chi connectivity index (χ0n) is 9.80. The average molecular weight is 230 g/mol. The normalized spacial score (nSPS) is 14.2. The van der Waals surface area contributed by atoms with Gasteiger partial charge in [0.2, 0.25) is 12.5 Å². The minimum absolute atomic E-state index is 0.248. The highest BCUT2D eigenvalue weighted by atomic mass is 16.6. The van der Waals surface area contributed by atoms with Crippen LogP contribution in [0.2, 0.25) is 0 Å². The second-order valence-corrected chi connectivity index (χ2v) is 4.25. The third-order valence-electron chi connectivity index (χ3n) is 2.17. The van der Waals surface area contributed by atoms with Crippen molar-refractivity contribution in [3.8, 4) is 0 Å². The molecular weight excluding hydrogens is 212 g/mol. The molecule has 0 rings (SSSR count).